The van der Waals surface area contributed by atoms with E-state index in [0.717, 1.165) is 23.7 Å². The molecule has 0 saturated heterocycles. The molecule has 2 aliphatic carbocycles. The molecule has 0 aromatic rings. The summed E-state index contributed by atoms with van der Waals surface area (Å²) in [4.78, 5) is 0. The number of hydrogen-bond donors (Lipinski definition) is 0. The second kappa shape index (κ2) is 6.81. The summed E-state index contributed by atoms with van der Waals surface area (Å²) in [6.45, 7) is 4.80. The van der Waals surface area contributed by atoms with Gasteiger partial charge in [0.25, 0.3) is 0 Å². The third-order valence-corrected chi connectivity index (χ3v) is 5.66. The van der Waals surface area contributed by atoms with Crippen molar-refractivity contribution in [3.63, 3.8) is 0 Å². The van der Waals surface area contributed by atoms with E-state index in [1.807, 2.05) is 0 Å². The number of rotatable bonds is 4. The van der Waals surface area contributed by atoms with E-state index in [-0.39, 0.29) is 0 Å². The van der Waals surface area contributed by atoms with Gasteiger partial charge in [0.05, 0.1) is 0 Å². The summed E-state index contributed by atoms with van der Waals surface area (Å²) in [5.74, 6) is 4.28. The van der Waals surface area contributed by atoms with E-state index in [1.54, 1.807) is 25.7 Å². The van der Waals surface area contributed by atoms with Crippen molar-refractivity contribution in [1.82, 2.24) is 0 Å². The van der Waals surface area contributed by atoms with Gasteiger partial charge in [-0.2, -0.15) is 0 Å². The molecule has 0 spiro atoms. The van der Waals surface area contributed by atoms with Crippen molar-refractivity contribution < 1.29 is 0 Å². The zero-order valence-electron chi connectivity index (χ0n) is 12.1. The molecule has 2 fully saturated rings. The van der Waals surface area contributed by atoms with Gasteiger partial charge in [-0.25, -0.2) is 0 Å². The van der Waals surface area contributed by atoms with Gasteiger partial charge in [0.2, 0.25) is 0 Å². The van der Waals surface area contributed by atoms with Crippen molar-refractivity contribution in [2.24, 2.45) is 23.7 Å². The van der Waals surface area contributed by atoms with Gasteiger partial charge in [-0.3, -0.25) is 0 Å². The molecule has 0 atom stereocenters. The monoisotopic (exact) mass is 236 g/mol. The molecule has 0 aromatic heterocycles. The van der Waals surface area contributed by atoms with Crippen LogP contribution in [0.5, 0.6) is 0 Å². The van der Waals surface area contributed by atoms with Crippen LogP contribution in [0.25, 0.3) is 0 Å². The molecule has 0 nitrogen and oxygen atoms in total. The van der Waals surface area contributed by atoms with Crippen LogP contribution in [-0.4, -0.2) is 0 Å². The Morgan fingerprint density at radius 1 is 0.647 bits per heavy atom. The van der Waals surface area contributed by atoms with Gasteiger partial charge < -0.3 is 0 Å². The molecule has 17 heavy (non-hydrogen) atoms. The second-order valence-corrected chi connectivity index (χ2v) is 7.00. The molecular formula is C17H32. The SMILES string of the molecule is CCC1CCC(CCC2CCC(C)CC2)CC1. The van der Waals surface area contributed by atoms with Crippen LogP contribution in [-0.2, 0) is 0 Å². The fourth-order valence-electron chi connectivity index (χ4n) is 4.02. The lowest BCUT2D eigenvalue weighted by molar-refractivity contribution is 0.220. The van der Waals surface area contributed by atoms with E-state index in [4.69, 9.17) is 0 Å². The van der Waals surface area contributed by atoms with Crippen LogP contribution < -0.4 is 0 Å². The van der Waals surface area contributed by atoms with Crippen LogP contribution in [0.1, 0.15) is 84.5 Å². The van der Waals surface area contributed by atoms with Crippen molar-refractivity contribution in [3.8, 4) is 0 Å². The Morgan fingerprint density at radius 3 is 1.53 bits per heavy atom. The molecule has 0 unspecified atom stereocenters. The largest absolute Gasteiger partial charge is 0.0651 e. The lowest BCUT2D eigenvalue weighted by atomic mass is 9.75. The van der Waals surface area contributed by atoms with Crippen molar-refractivity contribution in [2.75, 3.05) is 0 Å². The molecule has 0 heteroatoms. The maximum Gasteiger partial charge on any atom is -0.0414 e. The molecular weight excluding hydrogens is 204 g/mol. The lowest BCUT2D eigenvalue weighted by Gasteiger charge is -2.31. The summed E-state index contributed by atoms with van der Waals surface area (Å²) in [6.07, 6.45) is 16.8. The minimum absolute atomic E-state index is 1.02. The first-order valence-electron chi connectivity index (χ1n) is 8.28. The van der Waals surface area contributed by atoms with Crippen molar-refractivity contribution >= 4 is 0 Å². The van der Waals surface area contributed by atoms with E-state index in [1.165, 1.54) is 44.9 Å². The minimum Gasteiger partial charge on any atom is -0.0651 e. The first-order valence-corrected chi connectivity index (χ1v) is 8.28. The molecule has 2 aliphatic rings. The predicted octanol–water partition coefficient (Wildman–Crippen LogP) is 5.81. The van der Waals surface area contributed by atoms with Crippen LogP contribution >= 0.6 is 0 Å². The Morgan fingerprint density at radius 2 is 1.06 bits per heavy atom. The summed E-state index contributed by atoms with van der Waals surface area (Å²) in [6, 6.07) is 0. The van der Waals surface area contributed by atoms with Crippen LogP contribution in [0.3, 0.4) is 0 Å². The highest BCUT2D eigenvalue weighted by Crippen LogP contribution is 2.36. The molecule has 100 valence electrons. The normalized spacial score (nSPS) is 39.2. The zero-order chi connectivity index (χ0) is 12.1. The van der Waals surface area contributed by atoms with Crippen molar-refractivity contribution in [2.45, 2.75) is 84.5 Å². The predicted molar refractivity (Wildman–Crippen MR) is 76.1 cm³/mol. The van der Waals surface area contributed by atoms with Gasteiger partial charge >= 0.3 is 0 Å². The van der Waals surface area contributed by atoms with E-state index < -0.39 is 0 Å². The van der Waals surface area contributed by atoms with E-state index in [0.29, 0.717) is 0 Å². The molecule has 2 saturated carbocycles. The van der Waals surface area contributed by atoms with E-state index >= 15 is 0 Å². The van der Waals surface area contributed by atoms with Gasteiger partial charge in [-0.15, -0.1) is 0 Å². The van der Waals surface area contributed by atoms with Crippen LogP contribution in [0.15, 0.2) is 0 Å². The van der Waals surface area contributed by atoms with Gasteiger partial charge in [0, 0.05) is 0 Å². The maximum atomic E-state index is 2.43. The molecule has 0 heterocycles. The smallest absolute Gasteiger partial charge is 0.0414 e. The molecule has 0 amide bonds. The Kier molecular flexibility index (Phi) is 5.38. The third-order valence-electron chi connectivity index (χ3n) is 5.66. The molecule has 0 radical (unpaired) electrons. The topological polar surface area (TPSA) is 0 Å². The molecule has 0 aliphatic heterocycles. The lowest BCUT2D eigenvalue weighted by Crippen LogP contribution is -2.17. The fourth-order valence-corrected chi connectivity index (χ4v) is 4.02. The quantitative estimate of drug-likeness (QED) is 0.578. The summed E-state index contributed by atoms with van der Waals surface area (Å²) < 4.78 is 0. The molecule has 0 N–H and O–H groups in total. The zero-order valence-corrected chi connectivity index (χ0v) is 12.1. The first kappa shape index (κ1) is 13.4. The molecule has 0 aromatic carbocycles. The molecule has 2 rings (SSSR count). The Bertz CT molecular complexity index is 192. The highest BCUT2D eigenvalue weighted by Gasteiger charge is 2.22. The summed E-state index contributed by atoms with van der Waals surface area (Å²) in [7, 11) is 0. The fraction of sp³-hybridized carbons (Fsp3) is 1.00. The Hall–Kier alpha value is 0. The van der Waals surface area contributed by atoms with Gasteiger partial charge in [0.1, 0.15) is 0 Å². The minimum atomic E-state index is 1.02. The van der Waals surface area contributed by atoms with Crippen LogP contribution in [0.2, 0.25) is 0 Å². The molecule has 0 bridgehead atoms. The summed E-state index contributed by atoms with van der Waals surface area (Å²) >= 11 is 0. The highest BCUT2D eigenvalue weighted by atomic mass is 14.3. The Balaban J connectivity index is 1.59. The highest BCUT2D eigenvalue weighted by molar-refractivity contribution is 4.75. The Labute approximate surface area is 109 Å². The second-order valence-electron chi connectivity index (χ2n) is 7.00. The maximum absolute atomic E-state index is 2.43. The van der Waals surface area contributed by atoms with Gasteiger partial charge in [-0.05, 0) is 23.7 Å². The third kappa shape index (κ3) is 4.30. The summed E-state index contributed by atoms with van der Waals surface area (Å²) in [5.41, 5.74) is 0. The van der Waals surface area contributed by atoms with E-state index in [9.17, 15) is 0 Å². The van der Waals surface area contributed by atoms with E-state index in [2.05, 4.69) is 13.8 Å². The average Bonchev–Trinajstić information content (AvgIpc) is 2.39. The number of hydrogen-bond acceptors (Lipinski definition) is 0. The summed E-state index contributed by atoms with van der Waals surface area (Å²) in [5, 5.41) is 0. The standard InChI is InChI=1S/C17H32/c1-3-15-8-10-17(11-9-15)13-12-16-6-4-14(2)5-7-16/h14-17H,3-13H2,1-2H3. The van der Waals surface area contributed by atoms with Crippen molar-refractivity contribution in [1.29, 1.82) is 0 Å². The first-order chi connectivity index (χ1) is 8.28. The van der Waals surface area contributed by atoms with Gasteiger partial charge in [0.15, 0.2) is 0 Å². The average molecular weight is 236 g/mol. The van der Waals surface area contributed by atoms with Crippen molar-refractivity contribution in [3.05, 3.63) is 0 Å². The van der Waals surface area contributed by atoms with Crippen LogP contribution in [0, 0.1) is 23.7 Å². The van der Waals surface area contributed by atoms with Crippen LogP contribution in [0.4, 0.5) is 0 Å². The van der Waals surface area contributed by atoms with Gasteiger partial charge in [-0.1, -0.05) is 84.5 Å².